The monoisotopic (exact) mass is 244 g/mol. The molecule has 86 valence electrons. The Kier molecular flexibility index (Phi) is 4.49. The van der Waals surface area contributed by atoms with Crippen LogP contribution in [0.1, 0.15) is 22.3 Å². The van der Waals surface area contributed by atoms with Gasteiger partial charge in [0.05, 0.1) is 5.56 Å². The van der Waals surface area contributed by atoms with Crippen LogP contribution in [0.3, 0.4) is 0 Å². The minimum absolute atomic E-state index is 0.0317. The molecule has 1 aromatic carbocycles. The summed E-state index contributed by atoms with van der Waals surface area (Å²) in [4.78, 5) is 10.5. The first-order valence-electron chi connectivity index (χ1n) is 4.56. The highest BCUT2D eigenvalue weighted by atomic mass is 32.1. The van der Waals surface area contributed by atoms with E-state index in [1.807, 2.05) is 0 Å². The van der Waals surface area contributed by atoms with Crippen LogP contribution in [0.2, 0.25) is 0 Å². The van der Waals surface area contributed by atoms with Crippen LogP contribution in [0.25, 0.3) is 6.08 Å². The largest absolute Gasteiger partial charge is 0.478 e. The number of thiol groups is 1. The van der Waals surface area contributed by atoms with Gasteiger partial charge >= 0.3 is 5.97 Å². The maximum Gasteiger partial charge on any atom is 0.338 e. The van der Waals surface area contributed by atoms with E-state index in [0.29, 0.717) is 18.2 Å². The predicted molar refractivity (Wildman–Crippen MR) is 60.8 cm³/mol. The van der Waals surface area contributed by atoms with E-state index in [1.54, 1.807) is 6.08 Å². The zero-order valence-electron chi connectivity index (χ0n) is 8.28. The van der Waals surface area contributed by atoms with Crippen LogP contribution in [-0.2, 0) is 0 Å². The number of allylic oxidation sites excluding steroid dienone is 1. The van der Waals surface area contributed by atoms with Crippen LogP contribution in [0.5, 0.6) is 0 Å². The Bertz CT molecular complexity index is 430. The van der Waals surface area contributed by atoms with Crippen LogP contribution in [0, 0.1) is 11.6 Å². The highest BCUT2D eigenvalue weighted by molar-refractivity contribution is 7.80. The lowest BCUT2D eigenvalue weighted by Crippen LogP contribution is -2.02. The van der Waals surface area contributed by atoms with E-state index >= 15 is 0 Å². The number of hydrogen-bond acceptors (Lipinski definition) is 2. The van der Waals surface area contributed by atoms with Crippen molar-refractivity contribution in [2.24, 2.45) is 0 Å². The Morgan fingerprint density at radius 3 is 2.62 bits per heavy atom. The molecule has 0 atom stereocenters. The van der Waals surface area contributed by atoms with E-state index in [1.165, 1.54) is 6.08 Å². The first-order valence-corrected chi connectivity index (χ1v) is 5.19. The quantitative estimate of drug-likeness (QED) is 0.799. The van der Waals surface area contributed by atoms with E-state index in [4.69, 9.17) is 5.11 Å². The summed E-state index contributed by atoms with van der Waals surface area (Å²) in [5.41, 5.74) is -0.631. The third-order valence-corrected chi connectivity index (χ3v) is 2.17. The Morgan fingerprint density at radius 1 is 1.38 bits per heavy atom. The smallest absolute Gasteiger partial charge is 0.338 e. The molecule has 0 spiro atoms. The van der Waals surface area contributed by atoms with Crippen LogP contribution in [-0.4, -0.2) is 16.8 Å². The zero-order chi connectivity index (χ0) is 12.1. The van der Waals surface area contributed by atoms with Crippen molar-refractivity contribution >= 4 is 24.7 Å². The molecule has 0 amide bonds. The third kappa shape index (κ3) is 3.06. The predicted octanol–water partition coefficient (Wildman–Crippen LogP) is 3.00. The minimum Gasteiger partial charge on any atom is -0.478 e. The Balaban J connectivity index is 3.05. The van der Waals surface area contributed by atoms with Crippen LogP contribution in [0.4, 0.5) is 8.78 Å². The van der Waals surface area contributed by atoms with E-state index in [-0.39, 0.29) is 5.56 Å². The van der Waals surface area contributed by atoms with Crippen molar-refractivity contribution in [2.45, 2.75) is 6.42 Å². The number of carbonyl (C=O) groups is 1. The molecular weight excluding hydrogens is 234 g/mol. The average molecular weight is 244 g/mol. The average Bonchev–Trinajstić information content (AvgIpc) is 2.22. The molecule has 0 radical (unpaired) electrons. The van der Waals surface area contributed by atoms with E-state index in [9.17, 15) is 13.6 Å². The third-order valence-electron chi connectivity index (χ3n) is 1.91. The SMILES string of the molecule is O=C(O)c1cc(F)c(C=CCCS)cc1F. The van der Waals surface area contributed by atoms with Crippen LogP contribution >= 0.6 is 12.6 Å². The second-order valence-corrected chi connectivity index (χ2v) is 3.52. The Morgan fingerprint density at radius 2 is 2.06 bits per heavy atom. The molecule has 1 rings (SSSR count). The van der Waals surface area contributed by atoms with E-state index < -0.39 is 23.2 Å². The zero-order valence-corrected chi connectivity index (χ0v) is 9.18. The van der Waals surface area contributed by atoms with Crippen molar-refractivity contribution in [1.82, 2.24) is 0 Å². The molecule has 0 bridgehead atoms. The fourth-order valence-electron chi connectivity index (χ4n) is 1.14. The molecule has 0 aromatic heterocycles. The molecule has 2 nitrogen and oxygen atoms in total. The summed E-state index contributed by atoms with van der Waals surface area (Å²) in [7, 11) is 0. The number of rotatable bonds is 4. The summed E-state index contributed by atoms with van der Waals surface area (Å²) < 4.78 is 26.5. The molecule has 0 saturated heterocycles. The van der Waals surface area contributed by atoms with Gasteiger partial charge in [0, 0.05) is 5.56 Å². The Hall–Kier alpha value is -1.36. The van der Waals surface area contributed by atoms with Gasteiger partial charge in [-0.1, -0.05) is 12.2 Å². The molecular formula is C11H10F2O2S. The minimum atomic E-state index is -1.48. The molecule has 0 saturated carbocycles. The van der Waals surface area contributed by atoms with E-state index in [2.05, 4.69) is 12.6 Å². The van der Waals surface area contributed by atoms with Crippen molar-refractivity contribution in [3.05, 3.63) is 41.0 Å². The number of halogens is 2. The topological polar surface area (TPSA) is 37.3 Å². The van der Waals surface area contributed by atoms with Crippen LogP contribution < -0.4 is 0 Å². The number of carboxylic acid groups (broad SMARTS) is 1. The molecule has 0 aliphatic rings. The summed E-state index contributed by atoms with van der Waals surface area (Å²) >= 11 is 3.96. The van der Waals surface area contributed by atoms with E-state index in [0.717, 1.165) is 6.07 Å². The second-order valence-electron chi connectivity index (χ2n) is 3.07. The first-order chi connectivity index (χ1) is 7.56. The lowest BCUT2D eigenvalue weighted by molar-refractivity contribution is 0.0691. The summed E-state index contributed by atoms with van der Waals surface area (Å²) in [6, 6.07) is 1.55. The summed E-state index contributed by atoms with van der Waals surface area (Å²) in [5, 5.41) is 8.56. The van der Waals surface area contributed by atoms with Gasteiger partial charge in [0.15, 0.2) is 0 Å². The fourth-order valence-corrected chi connectivity index (χ4v) is 1.29. The first kappa shape index (κ1) is 12.7. The van der Waals surface area contributed by atoms with Gasteiger partial charge in [-0.05, 0) is 24.3 Å². The van der Waals surface area contributed by atoms with Crippen molar-refractivity contribution < 1.29 is 18.7 Å². The molecule has 1 aromatic rings. The molecule has 0 unspecified atom stereocenters. The van der Waals surface area contributed by atoms with Crippen molar-refractivity contribution in [2.75, 3.05) is 5.75 Å². The highest BCUT2D eigenvalue weighted by Crippen LogP contribution is 2.16. The van der Waals surface area contributed by atoms with Gasteiger partial charge in [0.25, 0.3) is 0 Å². The number of carboxylic acids is 1. The fraction of sp³-hybridized carbons (Fsp3) is 0.182. The normalized spacial score (nSPS) is 10.9. The van der Waals surface area contributed by atoms with Crippen LogP contribution in [0.15, 0.2) is 18.2 Å². The molecule has 0 aliphatic heterocycles. The van der Waals surface area contributed by atoms with Gasteiger partial charge in [-0.3, -0.25) is 0 Å². The molecule has 16 heavy (non-hydrogen) atoms. The maximum absolute atomic E-state index is 13.3. The summed E-state index contributed by atoms with van der Waals surface area (Å²) in [6.45, 7) is 0. The number of hydrogen-bond donors (Lipinski definition) is 2. The van der Waals surface area contributed by atoms with Crippen molar-refractivity contribution in [1.29, 1.82) is 0 Å². The van der Waals surface area contributed by atoms with Crippen molar-refractivity contribution in [3.8, 4) is 0 Å². The van der Waals surface area contributed by atoms with Gasteiger partial charge in [-0.25, -0.2) is 13.6 Å². The van der Waals surface area contributed by atoms with Gasteiger partial charge in [-0.2, -0.15) is 12.6 Å². The number of benzene rings is 1. The van der Waals surface area contributed by atoms with Gasteiger partial charge in [0.1, 0.15) is 11.6 Å². The molecule has 0 heterocycles. The molecule has 0 aliphatic carbocycles. The standard InChI is InChI=1S/C11H10F2O2S/c12-9-6-8(11(14)15)10(13)5-7(9)3-1-2-4-16/h1,3,5-6,16H,2,4H2,(H,14,15). The Labute approximate surface area is 97.0 Å². The maximum atomic E-state index is 13.3. The highest BCUT2D eigenvalue weighted by Gasteiger charge is 2.13. The number of aromatic carboxylic acids is 1. The van der Waals surface area contributed by atoms with Gasteiger partial charge in [0.2, 0.25) is 0 Å². The second kappa shape index (κ2) is 5.65. The summed E-state index contributed by atoms with van der Waals surface area (Å²) in [6.07, 6.45) is 3.68. The lowest BCUT2D eigenvalue weighted by atomic mass is 10.1. The molecule has 1 N–H and O–H groups in total. The van der Waals surface area contributed by atoms with Gasteiger partial charge in [-0.15, -0.1) is 0 Å². The molecule has 0 fully saturated rings. The van der Waals surface area contributed by atoms with Gasteiger partial charge < -0.3 is 5.11 Å². The lowest BCUT2D eigenvalue weighted by Gasteiger charge is -2.01. The summed E-state index contributed by atoms with van der Waals surface area (Å²) in [5.74, 6) is -2.58. The van der Waals surface area contributed by atoms with Crippen molar-refractivity contribution in [3.63, 3.8) is 0 Å². The molecule has 5 heteroatoms.